The molecule has 0 atom stereocenters. The first-order valence-electron chi connectivity index (χ1n) is 6.44. The molecule has 2 rings (SSSR count). The molecule has 100 valence electrons. The number of halogens is 1. The SMILES string of the molecule is CCCCN(C)C(=O)c1ccc2cccc(F)c2n1. The summed E-state index contributed by atoms with van der Waals surface area (Å²) in [5, 5.41) is 0.702. The van der Waals surface area contributed by atoms with Gasteiger partial charge >= 0.3 is 0 Å². The van der Waals surface area contributed by atoms with Gasteiger partial charge in [0.2, 0.25) is 0 Å². The standard InChI is InChI=1S/C15H17FN2O/c1-3-4-10-18(2)15(19)13-9-8-11-6-5-7-12(16)14(11)17-13/h5-9H,3-4,10H2,1-2H3. The van der Waals surface area contributed by atoms with Crippen molar-refractivity contribution in [3.63, 3.8) is 0 Å². The van der Waals surface area contributed by atoms with E-state index in [0.29, 0.717) is 11.9 Å². The number of hydrogen-bond acceptors (Lipinski definition) is 2. The van der Waals surface area contributed by atoms with Crippen molar-refractivity contribution >= 4 is 16.8 Å². The van der Waals surface area contributed by atoms with Crippen LogP contribution in [0.3, 0.4) is 0 Å². The first-order valence-corrected chi connectivity index (χ1v) is 6.44. The van der Waals surface area contributed by atoms with Crippen molar-refractivity contribution in [2.75, 3.05) is 13.6 Å². The van der Waals surface area contributed by atoms with Crippen LogP contribution in [0.1, 0.15) is 30.3 Å². The number of fused-ring (bicyclic) bond motifs is 1. The monoisotopic (exact) mass is 260 g/mol. The fraction of sp³-hybridized carbons (Fsp3) is 0.333. The molecule has 0 saturated heterocycles. The first-order chi connectivity index (χ1) is 9.13. The van der Waals surface area contributed by atoms with Gasteiger partial charge in [0.15, 0.2) is 0 Å². The highest BCUT2D eigenvalue weighted by atomic mass is 19.1. The lowest BCUT2D eigenvalue weighted by Gasteiger charge is -2.16. The minimum atomic E-state index is -0.400. The average Bonchev–Trinajstić information content (AvgIpc) is 2.44. The van der Waals surface area contributed by atoms with E-state index in [1.54, 1.807) is 36.2 Å². The van der Waals surface area contributed by atoms with Crippen molar-refractivity contribution in [1.29, 1.82) is 0 Å². The number of rotatable bonds is 4. The molecule has 0 radical (unpaired) electrons. The third-order valence-electron chi connectivity index (χ3n) is 3.08. The Morgan fingerprint density at radius 1 is 1.32 bits per heavy atom. The normalized spacial score (nSPS) is 10.7. The van der Waals surface area contributed by atoms with Gasteiger partial charge in [-0.2, -0.15) is 0 Å². The third-order valence-corrected chi connectivity index (χ3v) is 3.08. The Morgan fingerprint density at radius 2 is 2.11 bits per heavy atom. The quantitative estimate of drug-likeness (QED) is 0.845. The fourth-order valence-corrected chi connectivity index (χ4v) is 1.92. The Labute approximate surface area is 112 Å². The van der Waals surface area contributed by atoms with Gasteiger partial charge < -0.3 is 4.90 Å². The number of unbranched alkanes of at least 4 members (excludes halogenated alkanes) is 1. The van der Waals surface area contributed by atoms with Crippen LogP contribution in [0.5, 0.6) is 0 Å². The molecule has 1 aromatic carbocycles. The maximum atomic E-state index is 13.6. The number of carbonyl (C=O) groups excluding carboxylic acids is 1. The minimum absolute atomic E-state index is 0.168. The van der Waals surface area contributed by atoms with Crippen LogP contribution >= 0.6 is 0 Å². The van der Waals surface area contributed by atoms with Crippen molar-refractivity contribution in [2.24, 2.45) is 0 Å². The molecule has 0 bridgehead atoms. The molecule has 1 heterocycles. The summed E-state index contributed by atoms with van der Waals surface area (Å²) in [6.07, 6.45) is 1.97. The van der Waals surface area contributed by atoms with E-state index in [1.165, 1.54) is 6.07 Å². The van der Waals surface area contributed by atoms with Gasteiger partial charge in [-0.15, -0.1) is 0 Å². The van der Waals surface area contributed by atoms with E-state index in [-0.39, 0.29) is 17.1 Å². The molecule has 0 aliphatic carbocycles. The van der Waals surface area contributed by atoms with E-state index < -0.39 is 5.82 Å². The number of aromatic nitrogens is 1. The van der Waals surface area contributed by atoms with Crippen molar-refractivity contribution in [3.8, 4) is 0 Å². The highest BCUT2D eigenvalue weighted by Crippen LogP contribution is 2.16. The van der Waals surface area contributed by atoms with Crippen molar-refractivity contribution in [1.82, 2.24) is 9.88 Å². The lowest BCUT2D eigenvalue weighted by molar-refractivity contribution is 0.0788. The molecule has 2 aromatic rings. The van der Waals surface area contributed by atoms with Crippen LogP contribution in [0.15, 0.2) is 30.3 Å². The summed E-state index contributed by atoms with van der Waals surface area (Å²) in [5.41, 5.74) is 0.536. The number of benzene rings is 1. The van der Waals surface area contributed by atoms with Gasteiger partial charge in [-0.25, -0.2) is 9.37 Å². The van der Waals surface area contributed by atoms with Crippen molar-refractivity contribution in [3.05, 3.63) is 41.8 Å². The van der Waals surface area contributed by atoms with Crippen LogP contribution in [0.25, 0.3) is 10.9 Å². The molecular weight excluding hydrogens is 243 g/mol. The molecule has 19 heavy (non-hydrogen) atoms. The minimum Gasteiger partial charge on any atom is -0.340 e. The van der Waals surface area contributed by atoms with Crippen LogP contribution in [0.2, 0.25) is 0 Å². The number of hydrogen-bond donors (Lipinski definition) is 0. The molecule has 0 aliphatic rings. The van der Waals surface area contributed by atoms with Crippen LogP contribution in [0.4, 0.5) is 4.39 Å². The summed E-state index contributed by atoms with van der Waals surface area (Å²) in [5.74, 6) is -0.568. The molecule has 4 heteroatoms. The Morgan fingerprint density at radius 3 is 2.84 bits per heavy atom. The predicted molar refractivity (Wildman–Crippen MR) is 73.6 cm³/mol. The molecule has 0 saturated carbocycles. The molecule has 0 unspecified atom stereocenters. The maximum Gasteiger partial charge on any atom is 0.272 e. The van der Waals surface area contributed by atoms with Crippen LogP contribution in [-0.2, 0) is 0 Å². The van der Waals surface area contributed by atoms with E-state index in [1.807, 2.05) is 0 Å². The number of para-hydroxylation sites is 1. The number of pyridine rings is 1. The van der Waals surface area contributed by atoms with Gasteiger partial charge in [-0.05, 0) is 18.6 Å². The van der Waals surface area contributed by atoms with Crippen molar-refractivity contribution in [2.45, 2.75) is 19.8 Å². The van der Waals surface area contributed by atoms with Gasteiger partial charge in [0.25, 0.3) is 5.91 Å². The van der Waals surface area contributed by atoms with Gasteiger partial charge in [0.1, 0.15) is 17.0 Å². The first kappa shape index (κ1) is 13.5. The second-order valence-electron chi connectivity index (χ2n) is 4.59. The van der Waals surface area contributed by atoms with Crippen LogP contribution in [0, 0.1) is 5.82 Å². The lowest BCUT2D eigenvalue weighted by Crippen LogP contribution is -2.28. The van der Waals surface area contributed by atoms with Gasteiger partial charge in [-0.3, -0.25) is 4.79 Å². The topological polar surface area (TPSA) is 33.2 Å². The Kier molecular flexibility index (Phi) is 4.10. The molecule has 0 fully saturated rings. The zero-order valence-electron chi connectivity index (χ0n) is 11.2. The second kappa shape index (κ2) is 5.78. The summed E-state index contributed by atoms with van der Waals surface area (Å²) in [6, 6.07) is 8.14. The van der Waals surface area contributed by atoms with E-state index >= 15 is 0 Å². The lowest BCUT2D eigenvalue weighted by atomic mass is 10.2. The molecular formula is C15H17FN2O. The maximum absolute atomic E-state index is 13.6. The Hall–Kier alpha value is -1.97. The summed E-state index contributed by atoms with van der Waals surface area (Å²) < 4.78 is 13.6. The van der Waals surface area contributed by atoms with Gasteiger partial charge in [0.05, 0.1) is 0 Å². The van der Waals surface area contributed by atoms with Crippen LogP contribution < -0.4 is 0 Å². The van der Waals surface area contributed by atoms with Crippen molar-refractivity contribution < 1.29 is 9.18 Å². The Bertz CT molecular complexity index is 598. The van der Waals surface area contributed by atoms with Gasteiger partial charge in [-0.1, -0.05) is 31.5 Å². The second-order valence-corrected chi connectivity index (χ2v) is 4.59. The summed E-state index contributed by atoms with van der Waals surface area (Å²) in [7, 11) is 1.74. The largest absolute Gasteiger partial charge is 0.340 e. The van der Waals surface area contributed by atoms with E-state index in [2.05, 4.69) is 11.9 Å². The smallest absolute Gasteiger partial charge is 0.272 e. The Balaban J connectivity index is 2.30. The zero-order chi connectivity index (χ0) is 13.8. The van der Waals surface area contributed by atoms with E-state index in [4.69, 9.17) is 0 Å². The summed E-state index contributed by atoms with van der Waals surface area (Å²) in [4.78, 5) is 17.9. The highest BCUT2D eigenvalue weighted by molar-refractivity contribution is 5.94. The third kappa shape index (κ3) is 2.89. The molecule has 1 amide bonds. The predicted octanol–water partition coefficient (Wildman–Crippen LogP) is 3.25. The molecule has 1 aromatic heterocycles. The molecule has 3 nitrogen and oxygen atoms in total. The molecule has 0 spiro atoms. The number of amides is 1. The number of nitrogens with zero attached hydrogens (tertiary/aromatic N) is 2. The van der Waals surface area contributed by atoms with Crippen LogP contribution in [-0.4, -0.2) is 29.4 Å². The number of carbonyl (C=O) groups is 1. The van der Waals surface area contributed by atoms with Gasteiger partial charge in [0, 0.05) is 19.0 Å². The summed E-state index contributed by atoms with van der Waals surface area (Å²) >= 11 is 0. The van der Waals surface area contributed by atoms with E-state index in [0.717, 1.165) is 12.8 Å². The zero-order valence-corrected chi connectivity index (χ0v) is 11.2. The average molecular weight is 260 g/mol. The fourth-order valence-electron chi connectivity index (χ4n) is 1.92. The molecule has 0 aliphatic heterocycles. The molecule has 0 N–H and O–H groups in total. The summed E-state index contributed by atoms with van der Waals surface area (Å²) in [6.45, 7) is 2.76. The van der Waals surface area contributed by atoms with E-state index in [9.17, 15) is 9.18 Å². The highest BCUT2D eigenvalue weighted by Gasteiger charge is 2.14.